The van der Waals surface area contributed by atoms with Gasteiger partial charge in [0, 0.05) is 12.2 Å². The van der Waals surface area contributed by atoms with Crippen molar-refractivity contribution < 1.29 is 9.84 Å². The summed E-state index contributed by atoms with van der Waals surface area (Å²) < 4.78 is 5.99. The molecule has 1 aromatic rings. The highest BCUT2D eigenvalue weighted by molar-refractivity contribution is 5.59. The van der Waals surface area contributed by atoms with Gasteiger partial charge in [-0.1, -0.05) is 91.5 Å². The molecule has 27 heavy (non-hydrogen) atoms. The smallest absolute Gasteiger partial charge is 0.126 e. The van der Waals surface area contributed by atoms with Gasteiger partial charge in [-0.3, -0.25) is 0 Å². The van der Waals surface area contributed by atoms with Gasteiger partial charge in [-0.05, 0) is 39.7 Å². The summed E-state index contributed by atoms with van der Waals surface area (Å²) in [4.78, 5) is 0. The average Bonchev–Trinajstić information content (AvgIpc) is 2.69. The number of hydrogen-bond acceptors (Lipinski definition) is 2. The van der Waals surface area contributed by atoms with Crippen molar-refractivity contribution in [3.8, 4) is 5.75 Å². The molecule has 0 aliphatic carbocycles. The van der Waals surface area contributed by atoms with Crippen LogP contribution in [0.2, 0.25) is 0 Å². The third-order valence-corrected chi connectivity index (χ3v) is 4.43. The maximum atomic E-state index is 8.78. The zero-order valence-electron chi connectivity index (χ0n) is 17.3. The van der Waals surface area contributed by atoms with Gasteiger partial charge in [0.1, 0.15) is 5.75 Å². The molecule has 2 nitrogen and oxygen atoms in total. The number of hydrogen-bond donors (Lipinski definition) is 1. The Morgan fingerprint density at radius 1 is 0.926 bits per heavy atom. The second kappa shape index (κ2) is 15.0. The van der Waals surface area contributed by atoms with Gasteiger partial charge in [0.15, 0.2) is 0 Å². The minimum atomic E-state index is 0.313. The molecular weight excluding hydrogens is 332 g/mol. The predicted molar refractivity (Wildman–Crippen MR) is 118 cm³/mol. The lowest BCUT2D eigenvalue weighted by Crippen LogP contribution is -1.98. The molecule has 148 valence electrons. The molecular formula is C25H36O2. The van der Waals surface area contributed by atoms with E-state index in [0.717, 1.165) is 37.2 Å². The zero-order valence-corrected chi connectivity index (χ0v) is 17.3. The van der Waals surface area contributed by atoms with Crippen LogP contribution in [-0.2, 0) is 0 Å². The average molecular weight is 369 g/mol. The Bertz CT molecular complexity index is 635. The Hall–Kier alpha value is -2.06. The molecule has 0 atom stereocenters. The standard InChI is InChI=1S/C25H36O2/c1-4-22(2)14-13-15-23(3)18-19-24-16-9-10-17-25(24)27-21-12-8-6-5-7-11-20-26/h4,9-10,13-19,26H,5-8,11-12,20-21H2,1-3H3. The number of rotatable bonds is 13. The van der Waals surface area contributed by atoms with Gasteiger partial charge in [-0.15, -0.1) is 0 Å². The van der Waals surface area contributed by atoms with Gasteiger partial charge in [-0.2, -0.15) is 0 Å². The molecule has 0 heterocycles. The Balaban J connectivity index is 2.46. The van der Waals surface area contributed by atoms with Crippen LogP contribution in [0.3, 0.4) is 0 Å². The molecule has 0 amide bonds. The van der Waals surface area contributed by atoms with E-state index >= 15 is 0 Å². The summed E-state index contributed by atoms with van der Waals surface area (Å²) in [5, 5.41) is 8.78. The third-order valence-electron chi connectivity index (χ3n) is 4.43. The summed E-state index contributed by atoms with van der Waals surface area (Å²) >= 11 is 0. The van der Waals surface area contributed by atoms with E-state index in [2.05, 4.69) is 56.4 Å². The van der Waals surface area contributed by atoms with Crippen LogP contribution in [0.1, 0.15) is 64.9 Å². The highest BCUT2D eigenvalue weighted by atomic mass is 16.5. The van der Waals surface area contributed by atoms with Crippen LogP contribution in [-0.4, -0.2) is 18.3 Å². The van der Waals surface area contributed by atoms with Gasteiger partial charge in [0.25, 0.3) is 0 Å². The van der Waals surface area contributed by atoms with Crippen molar-refractivity contribution in [1.82, 2.24) is 0 Å². The lowest BCUT2D eigenvalue weighted by Gasteiger charge is -2.09. The first-order chi connectivity index (χ1) is 13.2. The van der Waals surface area contributed by atoms with Crippen LogP contribution in [0.4, 0.5) is 0 Å². The summed E-state index contributed by atoms with van der Waals surface area (Å²) in [5.41, 5.74) is 3.57. The summed E-state index contributed by atoms with van der Waals surface area (Å²) in [5.74, 6) is 0.946. The Labute approximate surface area is 166 Å². The van der Waals surface area contributed by atoms with Crippen LogP contribution in [0.25, 0.3) is 6.08 Å². The van der Waals surface area contributed by atoms with Crippen molar-refractivity contribution in [3.63, 3.8) is 0 Å². The van der Waals surface area contributed by atoms with Crippen molar-refractivity contribution >= 4 is 6.08 Å². The fourth-order valence-corrected chi connectivity index (χ4v) is 2.58. The number of benzene rings is 1. The molecule has 1 aromatic carbocycles. The largest absolute Gasteiger partial charge is 0.493 e. The van der Waals surface area contributed by atoms with Crippen LogP contribution in [0, 0.1) is 0 Å². The number of para-hydroxylation sites is 1. The highest BCUT2D eigenvalue weighted by Gasteiger charge is 2.00. The van der Waals surface area contributed by atoms with Crippen LogP contribution >= 0.6 is 0 Å². The molecule has 1 rings (SSSR count). The molecule has 0 fully saturated rings. The zero-order chi connectivity index (χ0) is 19.7. The normalized spacial score (nSPS) is 13.0. The molecule has 0 aliphatic rings. The van der Waals surface area contributed by atoms with E-state index in [0.29, 0.717) is 6.61 Å². The summed E-state index contributed by atoms with van der Waals surface area (Å²) in [6.45, 7) is 7.31. The van der Waals surface area contributed by atoms with E-state index in [4.69, 9.17) is 9.84 Å². The first-order valence-electron chi connectivity index (χ1n) is 10.2. The maximum Gasteiger partial charge on any atom is 0.126 e. The van der Waals surface area contributed by atoms with Gasteiger partial charge in [0.2, 0.25) is 0 Å². The fraction of sp³-hybridized carbons (Fsp3) is 0.440. The Kier molecular flexibility index (Phi) is 12.8. The molecule has 0 unspecified atom stereocenters. The van der Waals surface area contributed by atoms with Crippen LogP contribution in [0.5, 0.6) is 5.75 Å². The van der Waals surface area contributed by atoms with E-state index in [1.54, 1.807) is 0 Å². The number of aliphatic hydroxyl groups excluding tert-OH is 1. The molecule has 0 bridgehead atoms. The molecule has 2 heteroatoms. The predicted octanol–water partition coefficient (Wildman–Crippen LogP) is 6.88. The number of aliphatic hydroxyl groups is 1. The van der Waals surface area contributed by atoms with Crippen molar-refractivity contribution in [2.45, 2.75) is 59.3 Å². The van der Waals surface area contributed by atoms with Crippen molar-refractivity contribution in [2.75, 3.05) is 13.2 Å². The minimum absolute atomic E-state index is 0.313. The topological polar surface area (TPSA) is 29.5 Å². The fourth-order valence-electron chi connectivity index (χ4n) is 2.58. The van der Waals surface area contributed by atoms with E-state index in [1.807, 2.05) is 25.1 Å². The van der Waals surface area contributed by atoms with E-state index in [1.165, 1.54) is 30.4 Å². The molecule has 0 aromatic heterocycles. The van der Waals surface area contributed by atoms with Crippen LogP contribution < -0.4 is 4.74 Å². The molecule has 0 aliphatic heterocycles. The Morgan fingerprint density at radius 2 is 1.63 bits per heavy atom. The second-order valence-corrected chi connectivity index (χ2v) is 6.87. The lowest BCUT2D eigenvalue weighted by atomic mass is 10.1. The number of unbranched alkanes of at least 4 members (excludes halogenated alkanes) is 5. The number of ether oxygens (including phenoxy) is 1. The van der Waals surface area contributed by atoms with E-state index in [-0.39, 0.29) is 0 Å². The SMILES string of the molecule is CC=C(C)C=CC=C(C)C=Cc1ccccc1OCCCCCCCCO. The lowest BCUT2D eigenvalue weighted by molar-refractivity contribution is 0.280. The maximum absolute atomic E-state index is 8.78. The molecule has 0 radical (unpaired) electrons. The van der Waals surface area contributed by atoms with Crippen molar-refractivity contribution in [3.05, 3.63) is 71.4 Å². The van der Waals surface area contributed by atoms with Crippen molar-refractivity contribution in [1.29, 1.82) is 0 Å². The molecule has 0 saturated heterocycles. The van der Waals surface area contributed by atoms with E-state index in [9.17, 15) is 0 Å². The van der Waals surface area contributed by atoms with Gasteiger partial charge >= 0.3 is 0 Å². The first kappa shape index (κ1) is 23.0. The van der Waals surface area contributed by atoms with E-state index < -0.39 is 0 Å². The summed E-state index contributed by atoms with van der Waals surface area (Å²) in [7, 11) is 0. The summed E-state index contributed by atoms with van der Waals surface area (Å²) in [6.07, 6.45) is 19.4. The summed E-state index contributed by atoms with van der Waals surface area (Å²) in [6, 6.07) is 8.19. The van der Waals surface area contributed by atoms with Crippen LogP contribution in [0.15, 0.2) is 65.8 Å². The minimum Gasteiger partial charge on any atom is -0.493 e. The first-order valence-corrected chi connectivity index (χ1v) is 10.2. The molecule has 0 saturated carbocycles. The molecule has 0 spiro atoms. The van der Waals surface area contributed by atoms with Crippen molar-refractivity contribution in [2.24, 2.45) is 0 Å². The highest BCUT2D eigenvalue weighted by Crippen LogP contribution is 2.20. The Morgan fingerprint density at radius 3 is 2.37 bits per heavy atom. The second-order valence-electron chi connectivity index (χ2n) is 6.87. The quantitative estimate of drug-likeness (QED) is 0.304. The monoisotopic (exact) mass is 368 g/mol. The van der Waals surface area contributed by atoms with Gasteiger partial charge < -0.3 is 9.84 Å². The number of allylic oxidation sites excluding steroid dienone is 7. The third kappa shape index (κ3) is 11.3. The molecule has 1 N–H and O–H groups in total. The van der Waals surface area contributed by atoms with Gasteiger partial charge in [0.05, 0.1) is 6.61 Å². The van der Waals surface area contributed by atoms with Gasteiger partial charge in [-0.25, -0.2) is 0 Å².